The van der Waals surface area contributed by atoms with Crippen LogP contribution in [0, 0.1) is 5.82 Å². The van der Waals surface area contributed by atoms with Crippen molar-refractivity contribution < 1.29 is 9.18 Å². The van der Waals surface area contributed by atoms with Gasteiger partial charge in [-0.05, 0) is 43.9 Å². The lowest BCUT2D eigenvalue weighted by Gasteiger charge is -2.31. The Kier molecular flexibility index (Phi) is 3.90. The van der Waals surface area contributed by atoms with Gasteiger partial charge in [0.15, 0.2) is 0 Å². The fourth-order valence-electron chi connectivity index (χ4n) is 2.06. The quantitative estimate of drug-likeness (QED) is 0.888. The number of benzene rings is 1. The molecule has 2 N–H and O–H groups in total. The fourth-order valence-corrected chi connectivity index (χ4v) is 2.06. The van der Waals surface area contributed by atoms with E-state index in [2.05, 4.69) is 0 Å². The molecule has 0 aliphatic heterocycles. The van der Waals surface area contributed by atoms with Gasteiger partial charge in [-0.2, -0.15) is 0 Å². The summed E-state index contributed by atoms with van der Waals surface area (Å²) in [4.78, 5) is 14.3. The van der Waals surface area contributed by atoms with Crippen molar-refractivity contribution in [1.82, 2.24) is 4.90 Å². The topological polar surface area (TPSA) is 46.3 Å². The smallest absolute Gasteiger partial charge is 0.242 e. The average Bonchev–Trinajstić information content (AvgIpc) is 3.19. The van der Waals surface area contributed by atoms with E-state index in [1.54, 1.807) is 17.9 Å². The highest BCUT2D eigenvalue weighted by atomic mass is 19.1. The molecule has 2 rings (SSSR count). The van der Waals surface area contributed by atoms with Gasteiger partial charge in [0.25, 0.3) is 0 Å². The van der Waals surface area contributed by atoms with E-state index >= 15 is 0 Å². The molecule has 0 spiro atoms. The largest absolute Gasteiger partial charge is 0.334 e. The van der Waals surface area contributed by atoms with E-state index < -0.39 is 5.54 Å². The molecule has 1 aromatic carbocycles. The Balaban J connectivity index is 2.15. The van der Waals surface area contributed by atoms with Crippen molar-refractivity contribution in [1.29, 1.82) is 0 Å². The molecule has 19 heavy (non-hydrogen) atoms. The van der Waals surface area contributed by atoms with E-state index in [9.17, 15) is 9.18 Å². The number of nitrogens with zero attached hydrogens (tertiary/aromatic N) is 1. The summed E-state index contributed by atoms with van der Waals surface area (Å²) in [5, 5.41) is 0. The molecule has 1 aromatic rings. The SMILES string of the molecule is CCC(C)(N)C(=O)N(Cc1cccc(F)c1)C1CC1. The Morgan fingerprint density at radius 2 is 2.21 bits per heavy atom. The van der Waals surface area contributed by atoms with Crippen LogP contribution in [0.25, 0.3) is 0 Å². The van der Waals surface area contributed by atoms with Crippen molar-refractivity contribution >= 4 is 5.91 Å². The number of hydrogen-bond donors (Lipinski definition) is 1. The molecule has 0 bridgehead atoms. The summed E-state index contributed by atoms with van der Waals surface area (Å²) in [6, 6.07) is 6.66. The van der Waals surface area contributed by atoms with Gasteiger partial charge in [-0.1, -0.05) is 19.1 Å². The molecular formula is C15H21FN2O. The molecule has 3 nitrogen and oxygen atoms in total. The molecule has 1 atom stereocenters. The van der Waals surface area contributed by atoms with Crippen molar-refractivity contribution in [3.63, 3.8) is 0 Å². The maximum Gasteiger partial charge on any atom is 0.242 e. The molecule has 0 aromatic heterocycles. The summed E-state index contributed by atoms with van der Waals surface area (Å²) in [6.45, 7) is 4.11. The lowest BCUT2D eigenvalue weighted by molar-refractivity contribution is -0.137. The van der Waals surface area contributed by atoms with Crippen LogP contribution in [0.5, 0.6) is 0 Å². The van der Waals surface area contributed by atoms with Gasteiger partial charge in [-0.25, -0.2) is 4.39 Å². The number of hydrogen-bond acceptors (Lipinski definition) is 2. The Morgan fingerprint density at radius 1 is 1.53 bits per heavy atom. The minimum atomic E-state index is -0.837. The Hall–Kier alpha value is -1.42. The van der Waals surface area contributed by atoms with Crippen LogP contribution in [-0.2, 0) is 11.3 Å². The van der Waals surface area contributed by atoms with Gasteiger partial charge in [-0.15, -0.1) is 0 Å². The molecule has 0 radical (unpaired) electrons. The van der Waals surface area contributed by atoms with Crippen LogP contribution < -0.4 is 5.73 Å². The zero-order chi connectivity index (χ0) is 14.0. The molecule has 0 saturated heterocycles. The van der Waals surface area contributed by atoms with Gasteiger partial charge in [0, 0.05) is 12.6 Å². The summed E-state index contributed by atoms with van der Waals surface area (Å²) >= 11 is 0. The van der Waals surface area contributed by atoms with E-state index in [0.717, 1.165) is 18.4 Å². The number of carbonyl (C=O) groups excluding carboxylic acids is 1. The molecule has 1 amide bonds. The van der Waals surface area contributed by atoms with Crippen LogP contribution in [0.15, 0.2) is 24.3 Å². The first-order valence-corrected chi connectivity index (χ1v) is 6.78. The van der Waals surface area contributed by atoms with Gasteiger partial charge in [0.05, 0.1) is 5.54 Å². The van der Waals surface area contributed by atoms with Crippen molar-refractivity contribution in [2.75, 3.05) is 0 Å². The minimum Gasteiger partial charge on any atom is -0.334 e. The maximum atomic E-state index is 13.2. The Bertz CT molecular complexity index is 469. The summed E-state index contributed by atoms with van der Waals surface area (Å²) in [6.07, 6.45) is 2.62. The number of rotatable bonds is 5. The first kappa shape index (κ1) is 14.0. The van der Waals surface area contributed by atoms with Crippen molar-refractivity contribution in [3.05, 3.63) is 35.6 Å². The van der Waals surface area contributed by atoms with Crippen LogP contribution in [0.1, 0.15) is 38.7 Å². The number of carbonyl (C=O) groups is 1. The van der Waals surface area contributed by atoms with Gasteiger partial charge in [0.1, 0.15) is 5.82 Å². The van der Waals surface area contributed by atoms with E-state index in [1.165, 1.54) is 12.1 Å². The van der Waals surface area contributed by atoms with Crippen molar-refractivity contribution in [2.24, 2.45) is 5.73 Å². The molecule has 4 heteroatoms. The molecular weight excluding hydrogens is 243 g/mol. The van der Waals surface area contributed by atoms with Gasteiger partial charge in [0.2, 0.25) is 5.91 Å². The number of amides is 1. The lowest BCUT2D eigenvalue weighted by atomic mass is 9.98. The van der Waals surface area contributed by atoms with E-state index in [0.29, 0.717) is 13.0 Å². The zero-order valence-corrected chi connectivity index (χ0v) is 11.5. The predicted octanol–water partition coefficient (Wildman–Crippen LogP) is 2.44. The maximum absolute atomic E-state index is 13.2. The van der Waals surface area contributed by atoms with Crippen LogP contribution in [0.3, 0.4) is 0 Å². The van der Waals surface area contributed by atoms with E-state index in [4.69, 9.17) is 5.73 Å². The van der Waals surface area contributed by atoms with Crippen LogP contribution >= 0.6 is 0 Å². The summed E-state index contributed by atoms with van der Waals surface area (Å²) in [5.41, 5.74) is 6.02. The molecule has 1 aliphatic carbocycles. The molecule has 1 unspecified atom stereocenters. The molecule has 0 heterocycles. The van der Waals surface area contributed by atoms with Crippen molar-refractivity contribution in [2.45, 2.75) is 51.2 Å². The van der Waals surface area contributed by atoms with Crippen LogP contribution in [0.2, 0.25) is 0 Å². The monoisotopic (exact) mass is 264 g/mol. The third kappa shape index (κ3) is 3.32. The third-order valence-corrected chi connectivity index (χ3v) is 3.71. The predicted molar refractivity (Wildman–Crippen MR) is 72.9 cm³/mol. The molecule has 1 saturated carbocycles. The number of halogens is 1. The van der Waals surface area contributed by atoms with E-state index in [1.807, 2.05) is 13.0 Å². The Labute approximate surface area is 113 Å². The second-order valence-electron chi connectivity index (χ2n) is 5.57. The van der Waals surface area contributed by atoms with Gasteiger partial charge < -0.3 is 10.6 Å². The molecule has 104 valence electrons. The highest BCUT2D eigenvalue weighted by Crippen LogP contribution is 2.30. The van der Waals surface area contributed by atoms with Crippen LogP contribution in [-0.4, -0.2) is 22.4 Å². The normalized spacial score (nSPS) is 17.9. The fraction of sp³-hybridized carbons (Fsp3) is 0.533. The molecule has 1 fully saturated rings. The van der Waals surface area contributed by atoms with Gasteiger partial charge >= 0.3 is 0 Å². The highest BCUT2D eigenvalue weighted by molar-refractivity contribution is 5.86. The first-order chi connectivity index (χ1) is 8.94. The standard InChI is InChI=1S/C15H21FN2O/c1-3-15(2,17)14(19)18(13-7-8-13)10-11-5-4-6-12(16)9-11/h4-6,9,13H,3,7-8,10,17H2,1-2H3. The first-order valence-electron chi connectivity index (χ1n) is 6.78. The summed E-state index contributed by atoms with van der Waals surface area (Å²) in [7, 11) is 0. The summed E-state index contributed by atoms with van der Waals surface area (Å²) in [5.74, 6) is -0.312. The second kappa shape index (κ2) is 5.29. The van der Waals surface area contributed by atoms with Crippen molar-refractivity contribution in [3.8, 4) is 0 Å². The van der Waals surface area contributed by atoms with Gasteiger partial charge in [-0.3, -0.25) is 4.79 Å². The van der Waals surface area contributed by atoms with Crippen LogP contribution in [0.4, 0.5) is 4.39 Å². The second-order valence-corrected chi connectivity index (χ2v) is 5.57. The Morgan fingerprint density at radius 3 is 2.74 bits per heavy atom. The zero-order valence-electron chi connectivity index (χ0n) is 11.5. The average molecular weight is 264 g/mol. The lowest BCUT2D eigenvalue weighted by Crippen LogP contribution is -2.53. The third-order valence-electron chi connectivity index (χ3n) is 3.71. The van der Waals surface area contributed by atoms with E-state index in [-0.39, 0.29) is 17.8 Å². The highest BCUT2D eigenvalue weighted by Gasteiger charge is 2.39. The summed E-state index contributed by atoms with van der Waals surface area (Å²) < 4.78 is 13.2. The minimum absolute atomic E-state index is 0.0400. The molecule has 1 aliphatic rings. The number of nitrogens with two attached hydrogens (primary N) is 1.